The van der Waals surface area contributed by atoms with Crippen LogP contribution in [0.2, 0.25) is 0 Å². The number of halogens is 1. The van der Waals surface area contributed by atoms with Crippen LogP contribution in [0.4, 0.5) is 4.39 Å². The Hall–Kier alpha value is -2.36. The molecular weight excluding hydrogens is 259 g/mol. The van der Waals surface area contributed by atoms with Crippen LogP contribution in [0.3, 0.4) is 0 Å². The van der Waals surface area contributed by atoms with Gasteiger partial charge in [-0.25, -0.2) is 4.39 Å². The molecule has 2 aromatic carbocycles. The van der Waals surface area contributed by atoms with E-state index in [1.807, 2.05) is 0 Å². The van der Waals surface area contributed by atoms with Gasteiger partial charge in [-0.1, -0.05) is 12.1 Å². The van der Waals surface area contributed by atoms with E-state index >= 15 is 0 Å². The van der Waals surface area contributed by atoms with Gasteiger partial charge < -0.3 is 9.47 Å². The van der Waals surface area contributed by atoms with Crippen molar-refractivity contribution in [1.82, 2.24) is 0 Å². The molecule has 4 heteroatoms. The van der Waals surface area contributed by atoms with Gasteiger partial charge in [-0.15, -0.1) is 0 Å². The average molecular weight is 274 g/mol. The minimum Gasteiger partial charge on any atom is -0.466 e. The number of ether oxygens (including phenoxy) is 2. The molecule has 0 aliphatic heterocycles. The molecule has 0 saturated carbocycles. The Bertz CT molecular complexity index is 561. The first-order chi connectivity index (χ1) is 9.67. The van der Waals surface area contributed by atoms with Gasteiger partial charge in [0.15, 0.2) is 0 Å². The number of hydrogen-bond donors (Lipinski definition) is 0. The zero-order valence-corrected chi connectivity index (χ0v) is 11.1. The number of hydrogen-bond acceptors (Lipinski definition) is 3. The van der Waals surface area contributed by atoms with Gasteiger partial charge in [0.2, 0.25) is 0 Å². The summed E-state index contributed by atoms with van der Waals surface area (Å²) >= 11 is 0. The van der Waals surface area contributed by atoms with E-state index in [9.17, 15) is 9.18 Å². The first kappa shape index (κ1) is 14.1. The predicted molar refractivity (Wildman–Crippen MR) is 73.3 cm³/mol. The number of esters is 1. The summed E-state index contributed by atoms with van der Waals surface area (Å²) in [6.07, 6.45) is 0.241. The lowest BCUT2D eigenvalue weighted by Gasteiger charge is -2.07. The molecule has 2 aromatic rings. The van der Waals surface area contributed by atoms with Gasteiger partial charge in [-0.05, 0) is 48.9 Å². The number of rotatable bonds is 5. The Labute approximate surface area is 117 Å². The molecule has 20 heavy (non-hydrogen) atoms. The zero-order valence-electron chi connectivity index (χ0n) is 11.1. The highest BCUT2D eigenvalue weighted by Gasteiger charge is 2.04. The highest BCUT2D eigenvalue weighted by atomic mass is 19.1. The van der Waals surface area contributed by atoms with Crippen molar-refractivity contribution in [3.8, 4) is 11.5 Å². The normalized spacial score (nSPS) is 10.1. The molecule has 0 fully saturated rings. The van der Waals surface area contributed by atoms with Gasteiger partial charge >= 0.3 is 5.97 Å². The third kappa shape index (κ3) is 4.09. The van der Waals surface area contributed by atoms with E-state index in [1.165, 1.54) is 12.1 Å². The Kier molecular flexibility index (Phi) is 4.71. The number of carbonyl (C=O) groups is 1. The summed E-state index contributed by atoms with van der Waals surface area (Å²) in [5.41, 5.74) is 0.856. The summed E-state index contributed by atoms with van der Waals surface area (Å²) in [5, 5.41) is 0. The summed E-state index contributed by atoms with van der Waals surface area (Å²) in [6.45, 7) is 2.15. The van der Waals surface area contributed by atoms with Gasteiger partial charge in [0.25, 0.3) is 0 Å². The van der Waals surface area contributed by atoms with Crippen LogP contribution in [0.25, 0.3) is 0 Å². The minimum absolute atomic E-state index is 0.241. The molecule has 3 nitrogen and oxygen atoms in total. The van der Waals surface area contributed by atoms with E-state index in [0.717, 1.165) is 5.56 Å². The van der Waals surface area contributed by atoms with E-state index in [0.29, 0.717) is 18.1 Å². The van der Waals surface area contributed by atoms with Crippen LogP contribution in [0.1, 0.15) is 12.5 Å². The monoisotopic (exact) mass is 274 g/mol. The molecule has 0 amide bonds. The highest BCUT2D eigenvalue weighted by molar-refractivity contribution is 5.72. The number of benzene rings is 2. The molecule has 0 aliphatic carbocycles. The van der Waals surface area contributed by atoms with E-state index in [4.69, 9.17) is 9.47 Å². The second kappa shape index (κ2) is 6.70. The molecule has 0 aliphatic rings. The molecular formula is C16H15FO3. The van der Waals surface area contributed by atoms with Gasteiger partial charge in [0, 0.05) is 0 Å². The standard InChI is InChI=1S/C16H15FO3/c1-2-19-16(18)11-12-3-7-14(8-4-12)20-15-9-5-13(17)6-10-15/h3-10H,2,11H2,1H3. The molecule has 0 unspecified atom stereocenters. The molecule has 0 heterocycles. The summed E-state index contributed by atoms with van der Waals surface area (Å²) in [5.74, 6) is 0.635. The van der Waals surface area contributed by atoms with Crippen LogP contribution < -0.4 is 4.74 Å². The van der Waals surface area contributed by atoms with Crippen LogP contribution in [-0.2, 0) is 16.0 Å². The second-order valence-electron chi connectivity index (χ2n) is 4.18. The first-order valence-corrected chi connectivity index (χ1v) is 6.35. The molecule has 0 spiro atoms. The van der Waals surface area contributed by atoms with E-state index < -0.39 is 0 Å². The second-order valence-corrected chi connectivity index (χ2v) is 4.18. The maximum absolute atomic E-state index is 12.8. The minimum atomic E-state index is -0.304. The van der Waals surface area contributed by atoms with Crippen molar-refractivity contribution >= 4 is 5.97 Å². The molecule has 0 N–H and O–H groups in total. The Morgan fingerprint density at radius 1 is 1.00 bits per heavy atom. The molecule has 104 valence electrons. The third-order valence-electron chi connectivity index (χ3n) is 2.63. The fourth-order valence-electron chi connectivity index (χ4n) is 1.69. The van der Waals surface area contributed by atoms with Crippen molar-refractivity contribution in [2.75, 3.05) is 6.61 Å². The SMILES string of the molecule is CCOC(=O)Cc1ccc(Oc2ccc(F)cc2)cc1. The number of carbonyl (C=O) groups excluding carboxylic acids is 1. The molecule has 0 aromatic heterocycles. The zero-order chi connectivity index (χ0) is 14.4. The van der Waals surface area contributed by atoms with Crippen molar-refractivity contribution < 1.29 is 18.7 Å². The summed E-state index contributed by atoms with van der Waals surface area (Å²) in [6, 6.07) is 12.9. The smallest absolute Gasteiger partial charge is 0.310 e. The quantitative estimate of drug-likeness (QED) is 0.779. The van der Waals surface area contributed by atoms with Crippen molar-refractivity contribution in [1.29, 1.82) is 0 Å². The van der Waals surface area contributed by atoms with Crippen LogP contribution in [0.15, 0.2) is 48.5 Å². The fraction of sp³-hybridized carbons (Fsp3) is 0.188. The topological polar surface area (TPSA) is 35.5 Å². The summed E-state index contributed by atoms with van der Waals surface area (Å²) in [4.78, 5) is 11.3. The van der Waals surface area contributed by atoms with E-state index in [-0.39, 0.29) is 18.2 Å². The highest BCUT2D eigenvalue weighted by Crippen LogP contribution is 2.22. The Balaban J connectivity index is 1.97. The molecule has 0 atom stereocenters. The largest absolute Gasteiger partial charge is 0.466 e. The van der Waals surface area contributed by atoms with Crippen molar-refractivity contribution in [2.24, 2.45) is 0 Å². The lowest BCUT2D eigenvalue weighted by atomic mass is 10.1. The lowest BCUT2D eigenvalue weighted by Crippen LogP contribution is -2.07. The third-order valence-corrected chi connectivity index (χ3v) is 2.63. The van der Waals surface area contributed by atoms with Gasteiger partial charge in [0.05, 0.1) is 13.0 Å². The maximum atomic E-state index is 12.8. The van der Waals surface area contributed by atoms with Crippen LogP contribution in [-0.4, -0.2) is 12.6 Å². The van der Waals surface area contributed by atoms with Gasteiger partial charge in [-0.3, -0.25) is 4.79 Å². The van der Waals surface area contributed by atoms with E-state index in [2.05, 4.69) is 0 Å². The lowest BCUT2D eigenvalue weighted by molar-refractivity contribution is -0.142. The van der Waals surface area contributed by atoms with Gasteiger partial charge in [-0.2, -0.15) is 0 Å². The van der Waals surface area contributed by atoms with Crippen molar-refractivity contribution in [3.05, 3.63) is 59.9 Å². The molecule has 0 saturated heterocycles. The maximum Gasteiger partial charge on any atom is 0.310 e. The Morgan fingerprint density at radius 2 is 1.55 bits per heavy atom. The average Bonchev–Trinajstić information content (AvgIpc) is 2.44. The molecule has 0 bridgehead atoms. The van der Waals surface area contributed by atoms with Gasteiger partial charge in [0.1, 0.15) is 17.3 Å². The molecule has 0 radical (unpaired) electrons. The fourth-order valence-corrected chi connectivity index (χ4v) is 1.69. The van der Waals surface area contributed by atoms with E-state index in [1.54, 1.807) is 43.3 Å². The summed E-state index contributed by atoms with van der Waals surface area (Å²) in [7, 11) is 0. The van der Waals surface area contributed by atoms with Crippen molar-refractivity contribution in [3.63, 3.8) is 0 Å². The Morgan fingerprint density at radius 3 is 2.10 bits per heavy atom. The van der Waals surface area contributed by atoms with Crippen LogP contribution in [0, 0.1) is 5.82 Å². The van der Waals surface area contributed by atoms with Crippen molar-refractivity contribution in [2.45, 2.75) is 13.3 Å². The molecule has 2 rings (SSSR count). The summed E-state index contributed by atoms with van der Waals surface area (Å²) < 4.78 is 23.2. The first-order valence-electron chi connectivity index (χ1n) is 6.35. The van der Waals surface area contributed by atoms with Crippen LogP contribution >= 0.6 is 0 Å². The van der Waals surface area contributed by atoms with Crippen LogP contribution in [0.5, 0.6) is 11.5 Å². The predicted octanol–water partition coefficient (Wildman–Crippen LogP) is 3.72.